The highest BCUT2D eigenvalue weighted by Gasteiger charge is 2.46. The summed E-state index contributed by atoms with van der Waals surface area (Å²) in [7, 11) is 0. The SMILES string of the molecule is O=C(O)c1ccc2c(c1)CC(NC(=O)c1cccc3c1CCCC3)(C(=O)O)C2. The number of nitrogens with one attached hydrogen (secondary N) is 1. The first kappa shape index (κ1) is 18.2. The molecule has 0 saturated carbocycles. The number of fused-ring (bicyclic) bond motifs is 2. The first-order valence-corrected chi connectivity index (χ1v) is 9.41. The highest BCUT2D eigenvalue weighted by atomic mass is 16.4. The van der Waals surface area contributed by atoms with Crippen LogP contribution < -0.4 is 5.32 Å². The Morgan fingerprint density at radius 1 is 0.893 bits per heavy atom. The molecule has 28 heavy (non-hydrogen) atoms. The van der Waals surface area contributed by atoms with Crippen LogP contribution in [0.1, 0.15) is 55.8 Å². The number of carbonyl (C=O) groups excluding carboxylic acids is 1. The summed E-state index contributed by atoms with van der Waals surface area (Å²) in [5.74, 6) is -2.55. The Morgan fingerprint density at radius 2 is 1.64 bits per heavy atom. The minimum Gasteiger partial charge on any atom is -0.479 e. The van der Waals surface area contributed by atoms with Gasteiger partial charge in [-0.15, -0.1) is 0 Å². The second kappa shape index (κ2) is 6.78. The van der Waals surface area contributed by atoms with Crippen LogP contribution in [0.4, 0.5) is 0 Å². The van der Waals surface area contributed by atoms with Crippen LogP contribution in [0.25, 0.3) is 0 Å². The molecule has 0 radical (unpaired) electrons. The maximum atomic E-state index is 13.0. The van der Waals surface area contributed by atoms with E-state index in [0.29, 0.717) is 11.1 Å². The van der Waals surface area contributed by atoms with Crippen molar-refractivity contribution in [2.75, 3.05) is 0 Å². The highest BCUT2D eigenvalue weighted by Crippen LogP contribution is 2.32. The van der Waals surface area contributed by atoms with Crippen molar-refractivity contribution in [1.82, 2.24) is 5.32 Å². The lowest BCUT2D eigenvalue weighted by molar-refractivity contribution is -0.144. The zero-order chi connectivity index (χ0) is 19.9. The molecule has 1 atom stereocenters. The third-order valence-corrected chi connectivity index (χ3v) is 5.84. The Labute approximate surface area is 162 Å². The van der Waals surface area contributed by atoms with E-state index in [2.05, 4.69) is 5.32 Å². The van der Waals surface area contributed by atoms with Crippen LogP contribution in [0.5, 0.6) is 0 Å². The first-order chi connectivity index (χ1) is 13.4. The van der Waals surface area contributed by atoms with Crippen molar-refractivity contribution in [3.05, 3.63) is 69.8 Å². The molecular weight excluding hydrogens is 358 g/mol. The number of aliphatic carboxylic acids is 1. The Morgan fingerprint density at radius 3 is 2.39 bits per heavy atom. The second-order valence-corrected chi connectivity index (χ2v) is 7.63. The van der Waals surface area contributed by atoms with E-state index in [0.717, 1.165) is 42.4 Å². The van der Waals surface area contributed by atoms with Gasteiger partial charge in [0.15, 0.2) is 0 Å². The summed E-state index contributed by atoms with van der Waals surface area (Å²) in [6, 6.07) is 10.2. The van der Waals surface area contributed by atoms with Crippen LogP contribution in [0.15, 0.2) is 36.4 Å². The van der Waals surface area contributed by atoms with Gasteiger partial charge in [0.1, 0.15) is 5.54 Å². The van der Waals surface area contributed by atoms with Crippen molar-refractivity contribution in [2.45, 2.75) is 44.1 Å². The predicted octanol–water partition coefficient (Wildman–Crippen LogP) is 2.62. The third-order valence-electron chi connectivity index (χ3n) is 5.84. The van der Waals surface area contributed by atoms with E-state index >= 15 is 0 Å². The number of carboxylic acid groups (broad SMARTS) is 2. The Balaban J connectivity index is 1.64. The average molecular weight is 379 g/mol. The summed E-state index contributed by atoms with van der Waals surface area (Å²) >= 11 is 0. The highest BCUT2D eigenvalue weighted by molar-refractivity contribution is 6.00. The van der Waals surface area contributed by atoms with Gasteiger partial charge in [-0.2, -0.15) is 0 Å². The number of aromatic carboxylic acids is 1. The van der Waals surface area contributed by atoms with E-state index in [9.17, 15) is 24.6 Å². The standard InChI is InChI=1S/C22H21NO5/c24-19(18-7-3-5-13-4-1-2-6-17(13)18)23-22(21(27)28)11-15-9-8-14(20(25)26)10-16(15)12-22/h3,5,7-10H,1-2,4,6,11-12H2,(H,23,24)(H,25,26)(H,27,28). The summed E-state index contributed by atoms with van der Waals surface area (Å²) in [5, 5.41) is 21.9. The smallest absolute Gasteiger partial charge is 0.335 e. The summed E-state index contributed by atoms with van der Waals surface area (Å²) in [6.07, 6.45) is 4.08. The van der Waals surface area contributed by atoms with Crippen LogP contribution in [-0.2, 0) is 30.5 Å². The lowest BCUT2D eigenvalue weighted by Gasteiger charge is -2.27. The minimum atomic E-state index is -1.46. The van der Waals surface area contributed by atoms with Crippen molar-refractivity contribution in [2.24, 2.45) is 0 Å². The number of carboxylic acids is 2. The molecule has 0 saturated heterocycles. The van der Waals surface area contributed by atoms with Crippen molar-refractivity contribution in [3.63, 3.8) is 0 Å². The molecule has 0 fully saturated rings. The van der Waals surface area contributed by atoms with Crippen LogP contribution >= 0.6 is 0 Å². The van der Waals surface area contributed by atoms with Gasteiger partial charge >= 0.3 is 11.9 Å². The largest absolute Gasteiger partial charge is 0.479 e. The molecule has 6 nitrogen and oxygen atoms in total. The molecule has 0 heterocycles. The third kappa shape index (κ3) is 3.05. The van der Waals surface area contributed by atoms with Crippen molar-refractivity contribution < 1.29 is 24.6 Å². The molecule has 0 aromatic heterocycles. The van der Waals surface area contributed by atoms with Crippen LogP contribution in [0.2, 0.25) is 0 Å². The summed E-state index contributed by atoms with van der Waals surface area (Å²) in [4.78, 5) is 36.4. The fraction of sp³-hybridized carbons (Fsp3) is 0.318. The molecule has 4 rings (SSSR count). The van der Waals surface area contributed by atoms with Gasteiger partial charge < -0.3 is 15.5 Å². The van der Waals surface area contributed by atoms with Gasteiger partial charge in [0.2, 0.25) is 0 Å². The summed E-state index contributed by atoms with van der Waals surface area (Å²) in [6.45, 7) is 0. The first-order valence-electron chi connectivity index (χ1n) is 9.41. The normalized spacial score (nSPS) is 20.1. The maximum absolute atomic E-state index is 13.0. The van der Waals surface area contributed by atoms with Gasteiger partial charge in [-0.25, -0.2) is 9.59 Å². The lowest BCUT2D eigenvalue weighted by Crippen LogP contribution is -2.55. The number of rotatable bonds is 4. The molecule has 3 N–H and O–H groups in total. The molecule has 1 amide bonds. The summed E-state index contributed by atoms with van der Waals surface area (Å²) < 4.78 is 0. The molecule has 0 bridgehead atoms. The van der Waals surface area contributed by atoms with E-state index in [4.69, 9.17) is 0 Å². The molecular formula is C22H21NO5. The fourth-order valence-electron chi connectivity index (χ4n) is 4.38. The van der Waals surface area contributed by atoms with Gasteiger partial charge in [-0.05, 0) is 66.1 Å². The van der Waals surface area contributed by atoms with E-state index < -0.39 is 17.5 Å². The van der Waals surface area contributed by atoms with Crippen LogP contribution in [0.3, 0.4) is 0 Å². The van der Waals surface area contributed by atoms with E-state index in [1.165, 1.54) is 12.1 Å². The van der Waals surface area contributed by atoms with E-state index in [1.807, 2.05) is 12.1 Å². The Bertz CT molecular complexity index is 996. The number of carbonyl (C=O) groups is 3. The molecule has 0 spiro atoms. The van der Waals surface area contributed by atoms with Crippen molar-refractivity contribution in [3.8, 4) is 0 Å². The van der Waals surface area contributed by atoms with Gasteiger partial charge in [0, 0.05) is 18.4 Å². The topological polar surface area (TPSA) is 104 Å². The molecule has 2 aliphatic rings. The predicted molar refractivity (Wildman–Crippen MR) is 102 cm³/mol. The number of amides is 1. The monoisotopic (exact) mass is 379 g/mol. The van der Waals surface area contributed by atoms with Gasteiger partial charge in [-0.3, -0.25) is 4.79 Å². The van der Waals surface area contributed by atoms with Crippen molar-refractivity contribution >= 4 is 17.8 Å². The van der Waals surface area contributed by atoms with E-state index in [1.54, 1.807) is 12.1 Å². The summed E-state index contributed by atoms with van der Waals surface area (Å²) in [5.41, 5.74) is 2.76. The molecule has 144 valence electrons. The van der Waals surface area contributed by atoms with E-state index in [-0.39, 0.29) is 24.3 Å². The van der Waals surface area contributed by atoms with Gasteiger partial charge in [0.25, 0.3) is 5.91 Å². The van der Waals surface area contributed by atoms with Crippen LogP contribution in [0, 0.1) is 0 Å². The molecule has 6 heteroatoms. The Kier molecular flexibility index (Phi) is 4.41. The number of benzene rings is 2. The quantitative estimate of drug-likeness (QED) is 0.758. The molecule has 1 unspecified atom stereocenters. The Hall–Kier alpha value is -3.15. The zero-order valence-corrected chi connectivity index (χ0v) is 15.3. The van der Waals surface area contributed by atoms with Crippen molar-refractivity contribution in [1.29, 1.82) is 0 Å². The molecule has 2 aliphatic carbocycles. The van der Waals surface area contributed by atoms with Gasteiger partial charge in [0.05, 0.1) is 5.56 Å². The number of hydrogen-bond acceptors (Lipinski definition) is 3. The minimum absolute atomic E-state index is 0.0690. The zero-order valence-electron chi connectivity index (χ0n) is 15.3. The average Bonchev–Trinajstić information content (AvgIpc) is 3.06. The fourth-order valence-corrected chi connectivity index (χ4v) is 4.38. The molecule has 2 aromatic carbocycles. The van der Waals surface area contributed by atoms with Crippen LogP contribution in [-0.4, -0.2) is 33.6 Å². The second-order valence-electron chi connectivity index (χ2n) is 7.63. The molecule has 0 aliphatic heterocycles. The number of aryl methyl sites for hydroxylation is 1. The number of hydrogen-bond donors (Lipinski definition) is 3. The lowest BCUT2D eigenvalue weighted by atomic mass is 9.87. The molecule has 2 aromatic rings. The van der Waals surface area contributed by atoms with Gasteiger partial charge in [-0.1, -0.05) is 18.2 Å². The maximum Gasteiger partial charge on any atom is 0.335 e.